The molecule has 0 aliphatic heterocycles. The van der Waals surface area contributed by atoms with Gasteiger partial charge in [-0.1, -0.05) is 26.3 Å². The van der Waals surface area contributed by atoms with E-state index in [9.17, 15) is 4.79 Å². The zero-order chi connectivity index (χ0) is 9.90. The average molecular weight is 180 g/mol. The third-order valence-corrected chi connectivity index (χ3v) is 2.94. The minimum absolute atomic E-state index is 0.292. The van der Waals surface area contributed by atoms with Crippen LogP contribution < -0.4 is 0 Å². The molecule has 1 heteroatoms. The van der Waals surface area contributed by atoms with Crippen molar-refractivity contribution in [3.05, 3.63) is 12.2 Å². The summed E-state index contributed by atoms with van der Waals surface area (Å²) in [5.74, 6) is 0.621. The predicted molar refractivity (Wildman–Crippen MR) is 55.6 cm³/mol. The lowest BCUT2D eigenvalue weighted by Gasteiger charge is -2.33. The van der Waals surface area contributed by atoms with Gasteiger partial charge in [0.1, 0.15) is 0 Å². The van der Waals surface area contributed by atoms with Gasteiger partial charge in [0.05, 0.1) is 0 Å². The molecule has 74 valence electrons. The van der Waals surface area contributed by atoms with Crippen LogP contribution in [0.5, 0.6) is 0 Å². The van der Waals surface area contributed by atoms with Crippen molar-refractivity contribution in [2.45, 2.75) is 46.5 Å². The van der Waals surface area contributed by atoms with Crippen molar-refractivity contribution in [3.63, 3.8) is 0 Å². The Morgan fingerprint density at radius 2 is 2.15 bits per heavy atom. The summed E-state index contributed by atoms with van der Waals surface area (Å²) in [6.07, 6.45) is 8.21. The third kappa shape index (κ3) is 2.98. The van der Waals surface area contributed by atoms with Gasteiger partial charge in [-0.25, -0.2) is 0 Å². The first-order valence-electron chi connectivity index (χ1n) is 5.22. The molecule has 0 aromatic carbocycles. The molecule has 0 radical (unpaired) electrons. The van der Waals surface area contributed by atoms with Gasteiger partial charge >= 0.3 is 0 Å². The second-order valence-corrected chi connectivity index (χ2v) is 4.86. The van der Waals surface area contributed by atoms with Gasteiger partial charge in [-0.15, -0.1) is 0 Å². The Bertz CT molecular complexity index is 213. The molecule has 13 heavy (non-hydrogen) atoms. The van der Waals surface area contributed by atoms with Crippen LogP contribution in [-0.4, -0.2) is 5.78 Å². The zero-order valence-electron chi connectivity index (χ0n) is 8.97. The van der Waals surface area contributed by atoms with Crippen LogP contribution in [0.15, 0.2) is 12.2 Å². The number of carbonyl (C=O) groups is 1. The fourth-order valence-corrected chi connectivity index (χ4v) is 2.24. The molecule has 0 saturated heterocycles. The summed E-state index contributed by atoms with van der Waals surface area (Å²) in [6.45, 7) is 6.44. The van der Waals surface area contributed by atoms with Gasteiger partial charge in [0.2, 0.25) is 0 Å². The van der Waals surface area contributed by atoms with Crippen molar-refractivity contribution >= 4 is 5.78 Å². The van der Waals surface area contributed by atoms with E-state index in [-0.39, 0.29) is 0 Å². The lowest BCUT2D eigenvalue weighted by molar-refractivity contribution is -0.120. The van der Waals surface area contributed by atoms with Crippen LogP contribution in [0.1, 0.15) is 46.5 Å². The van der Waals surface area contributed by atoms with E-state index in [0.29, 0.717) is 17.1 Å². The van der Waals surface area contributed by atoms with Crippen LogP contribution in [0.4, 0.5) is 0 Å². The maximum Gasteiger partial charge on any atom is 0.158 e. The first-order chi connectivity index (χ1) is 6.05. The van der Waals surface area contributed by atoms with Gasteiger partial charge in [0, 0.05) is 5.92 Å². The minimum atomic E-state index is 0.292. The van der Waals surface area contributed by atoms with Gasteiger partial charge in [-0.2, -0.15) is 0 Å². The highest BCUT2D eigenvalue weighted by atomic mass is 16.1. The molecule has 1 fully saturated rings. The lowest BCUT2D eigenvalue weighted by atomic mass is 9.71. The standard InChI is InChI=1S/C12H20O/c1-4-6-11(13)10-7-5-8-12(2,3)9-10/h4,6,10H,5,7-9H2,1-3H3/b6-4+. The SMILES string of the molecule is C/C=C/C(=O)C1CCCC(C)(C)C1. The summed E-state index contributed by atoms with van der Waals surface area (Å²) in [6, 6.07) is 0. The van der Waals surface area contributed by atoms with Crippen LogP contribution in [0, 0.1) is 11.3 Å². The Balaban J connectivity index is 2.56. The molecule has 0 amide bonds. The van der Waals surface area contributed by atoms with Gasteiger partial charge < -0.3 is 0 Å². The number of ketones is 1. The highest BCUT2D eigenvalue weighted by Gasteiger charge is 2.30. The third-order valence-electron chi connectivity index (χ3n) is 2.94. The predicted octanol–water partition coefficient (Wildman–Crippen LogP) is 3.35. The molecule has 0 bridgehead atoms. The minimum Gasteiger partial charge on any atom is -0.295 e. The summed E-state index contributed by atoms with van der Waals surface area (Å²) in [4.78, 5) is 11.6. The fourth-order valence-electron chi connectivity index (χ4n) is 2.24. The van der Waals surface area contributed by atoms with Crippen LogP contribution in [-0.2, 0) is 4.79 Å². The van der Waals surface area contributed by atoms with Gasteiger partial charge in [0.15, 0.2) is 5.78 Å². The zero-order valence-corrected chi connectivity index (χ0v) is 8.97. The van der Waals surface area contributed by atoms with E-state index in [1.165, 1.54) is 12.8 Å². The average Bonchev–Trinajstić information content (AvgIpc) is 2.03. The highest BCUT2D eigenvalue weighted by molar-refractivity contribution is 5.91. The van der Waals surface area contributed by atoms with Gasteiger partial charge in [-0.3, -0.25) is 4.79 Å². The second-order valence-electron chi connectivity index (χ2n) is 4.86. The van der Waals surface area contributed by atoms with E-state index in [1.54, 1.807) is 6.08 Å². The monoisotopic (exact) mass is 180 g/mol. The highest BCUT2D eigenvalue weighted by Crippen LogP contribution is 2.38. The van der Waals surface area contributed by atoms with E-state index in [1.807, 2.05) is 13.0 Å². The molecule has 1 aliphatic rings. The molecule has 0 spiro atoms. The summed E-state index contributed by atoms with van der Waals surface area (Å²) < 4.78 is 0. The molecular weight excluding hydrogens is 160 g/mol. The van der Waals surface area contributed by atoms with Crippen LogP contribution in [0.2, 0.25) is 0 Å². The first kappa shape index (κ1) is 10.5. The lowest BCUT2D eigenvalue weighted by Crippen LogP contribution is -2.26. The van der Waals surface area contributed by atoms with Crippen LogP contribution in [0.3, 0.4) is 0 Å². The molecule has 1 saturated carbocycles. The molecule has 1 aliphatic carbocycles. The van der Waals surface area contributed by atoms with E-state index in [0.717, 1.165) is 12.8 Å². The van der Waals surface area contributed by atoms with Crippen LogP contribution >= 0.6 is 0 Å². The molecule has 1 rings (SSSR count). The number of hydrogen-bond acceptors (Lipinski definition) is 1. The summed E-state index contributed by atoms with van der Waals surface area (Å²) in [7, 11) is 0. The molecular formula is C12H20O. The number of carbonyl (C=O) groups excluding carboxylic acids is 1. The first-order valence-corrected chi connectivity index (χ1v) is 5.22. The maximum absolute atomic E-state index is 11.6. The molecule has 1 unspecified atom stereocenters. The normalized spacial score (nSPS) is 27.8. The van der Waals surface area contributed by atoms with Gasteiger partial charge in [0.25, 0.3) is 0 Å². The largest absolute Gasteiger partial charge is 0.295 e. The summed E-state index contributed by atoms with van der Waals surface area (Å²) in [5, 5.41) is 0. The Morgan fingerprint density at radius 3 is 2.69 bits per heavy atom. The fraction of sp³-hybridized carbons (Fsp3) is 0.750. The van der Waals surface area contributed by atoms with Crippen LogP contribution in [0.25, 0.3) is 0 Å². The molecule has 0 N–H and O–H groups in total. The molecule has 0 heterocycles. The quantitative estimate of drug-likeness (QED) is 0.596. The second kappa shape index (κ2) is 4.08. The van der Waals surface area contributed by atoms with E-state index in [4.69, 9.17) is 0 Å². The topological polar surface area (TPSA) is 17.1 Å². The van der Waals surface area contributed by atoms with Crippen molar-refractivity contribution in [1.82, 2.24) is 0 Å². The number of hydrogen-bond donors (Lipinski definition) is 0. The maximum atomic E-state index is 11.6. The van der Waals surface area contributed by atoms with Gasteiger partial charge in [-0.05, 0) is 37.7 Å². The molecule has 1 atom stereocenters. The van der Waals surface area contributed by atoms with Crippen molar-refractivity contribution < 1.29 is 4.79 Å². The number of allylic oxidation sites excluding steroid dienone is 2. The Kier molecular flexibility index (Phi) is 3.29. The van der Waals surface area contributed by atoms with Crippen molar-refractivity contribution in [2.24, 2.45) is 11.3 Å². The number of rotatable bonds is 2. The van der Waals surface area contributed by atoms with E-state index >= 15 is 0 Å². The molecule has 1 nitrogen and oxygen atoms in total. The van der Waals surface area contributed by atoms with Crippen molar-refractivity contribution in [1.29, 1.82) is 0 Å². The van der Waals surface area contributed by atoms with Crippen molar-refractivity contribution in [3.8, 4) is 0 Å². The van der Waals surface area contributed by atoms with Crippen molar-refractivity contribution in [2.75, 3.05) is 0 Å². The molecule has 0 aromatic heterocycles. The smallest absolute Gasteiger partial charge is 0.158 e. The Morgan fingerprint density at radius 1 is 1.46 bits per heavy atom. The van der Waals surface area contributed by atoms with E-state index in [2.05, 4.69) is 13.8 Å². The Labute approximate surface area is 81.2 Å². The van der Waals surface area contributed by atoms with E-state index < -0.39 is 0 Å². The summed E-state index contributed by atoms with van der Waals surface area (Å²) in [5.41, 5.74) is 0.375. The summed E-state index contributed by atoms with van der Waals surface area (Å²) >= 11 is 0. The molecule has 0 aromatic rings. The Hall–Kier alpha value is -0.590.